The summed E-state index contributed by atoms with van der Waals surface area (Å²) in [6.07, 6.45) is 0. The van der Waals surface area contributed by atoms with Crippen molar-refractivity contribution >= 4 is 28.6 Å². The summed E-state index contributed by atoms with van der Waals surface area (Å²) < 4.78 is 6.51. The third kappa shape index (κ3) is 4.73. The summed E-state index contributed by atoms with van der Waals surface area (Å²) >= 11 is 3.19. The van der Waals surface area contributed by atoms with Crippen LogP contribution >= 0.6 is 22.7 Å². The molecule has 0 aliphatic heterocycles. The maximum Gasteiger partial charge on any atom is 0.266 e. The smallest absolute Gasteiger partial charge is 0.266 e. The van der Waals surface area contributed by atoms with Gasteiger partial charge in [-0.3, -0.25) is 9.59 Å². The number of amides is 1. The van der Waals surface area contributed by atoms with Gasteiger partial charge in [-0.2, -0.15) is 5.10 Å². The van der Waals surface area contributed by atoms with Crippen molar-refractivity contribution in [1.82, 2.24) is 20.1 Å². The predicted molar refractivity (Wildman–Crippen MR) is 123 cm³/mol. The molecule has 3 aromatic heterocycles. The SMILES string of the molecule is COc1cccc(C(=O)NCCn2nc(-c3sc(-c4cccs4)nc3C)ccc2=O)c1. The number of hydrogen-bond acceptors (Lipinski definition) is 7. The monoisotopic (exact) mass is 452 g/mol. The minimum Gasteiger partial charge on any atom is -0.497 e. The second-order valence-electron chi connectivity index (χ2n) is 6.68. The zero-order valence-electron chi connectivity index (χ0n) is 17.0. The van der Waals surface area contributed by atoms with Crippen molar-refractivity contribution in [2.24, 2.45) is 0 Å². The van der Waals surface area contributed by atoms with Crippen molar-refractivity contribution < 1.29 is 9.53 Å². The zero-order chi connectivity index (χ0) is 21.8. The molecule has 1 amide bonds. The normalized spacial score (nSPS) is 10.8. The molecule has 0 atom stereocenters. The minimum absolute atomic E-state index is 0.222. The molecule has 1 aromatic carbocycles. The van der Waals surface area contributed by atoms with E-state index < -0.39 is 0 Å². The fourth-order valence-corrected chi connectivity index (χ4v) is 4.84. The van der Waals surface area contributed by atoms with Crippen LogP contribution in [0, 0.1) is 6.92 Å². The number of hydrogen-bond donors (Lipinski definition) is 1. The number of carbonyl (C=O) groups is 1. The van der Waals surface area contributed by atoms with Crippen LogP contribution in [0.1, 0.15) is 16.1 Å². The maximum absolute atomic E-state index is 12.4. The van der Waals surface area contributed by atoms with Crippen LogP contribution in [0.5, 0.6) is 5.75 Å². The molecule has 158 valence electrons. The number of ether oxygens (including phenoxy) is 1. The summed E-state index contributed by atoms with van der Waals surface area (Å²) in [6.45, 7) is 2.47. The Balaban J connectivity index is 1.47. The average molecular weight is 453 g/mol. The second kappa shape index (κ2) is 9.23. The third-order valence-corrected chi connectivity index (χ3v) is 6.79. The van der Waals surface area contributed by atoms with Crippen LogP contribution in [-0.4, -0.2) is 34.3 Å². The lowest BCUT2D eigenvalue weighted by molar-refractivity contribution is 0.0951. The molecule has 1 N–H and O–H groups in total. The van der Waals surface area contributed by atoms with Crippen molar-refractivity contribution in [3.63, 3.8) is 0 Å². The fourth-order valence-electron chi connectivity index (χ4n) is 3.01. The fraction of sp³-hybridized carbons (Fsp3) is 0.182. The number of thiazole rings is 1. The number of benzene rings is 1. The van der Waals surface area contributed by atoms with Gasteiger partial charge in [0.15, 0.2) is 0 Å². The highest BCUT2D eigenvalue weighted by Gasteiger charge is 2.14. The highest BCUT2D eigenvalue weighted by molar-refractivity contribution is 7.23. The van der Waals surface area contributed by atoms with Gasteiger partial charge in [-0.25, -0.2) is 9.67 Å². The van der Waals surface area contributed by atoms with E-state index in [1.807, 2.05) is 24.4 Å². The van der Waals surface area contributed by atoms with Gasteiger partial charge in [0.2, 0.25) is 0 Å². The molecule has 0 aliphatic rings. The topological polar surface area (TPSA) is 86.1 Å². The Bertz CT molecular complexity index is 1260. The third-order valence-electron chi connectivity index (χ3n) is 4.57. The van der Waals surface area contributed by atoms with Gasteiger partial charge < -0.3 is 10.1 Å². The molecule has 0 unspecified atom stereocenters. The summed E-state index contributed by atoms with van der Waals surface area (Å²) in [7, 11) is 1.55. The highest BCUT2D eigenvalue weighted by atomic mass is 32.1. The van der Waals surface area contributed by atoms with Crippen LogP contribution in [0.3, 0.4) is 0 Å². The van der Waals surface area contributed by atoms with Gasteiger partial charge in [0, 0.05) is 18.2 Å². The highest BCUT2D eigenvalue weighted by Crippen LogP contribution is 2.35. The Morgan fingerprint density at radius 3 is 2.84 bits per heavy atom. The standard InChI is InChI=1S/C22H20N4O3S2/c1-14-20(31-22(24-14)18-7-4-12-30-18)17-8-9-19(27)26(25-17)11-10-23-21(28)15-5-3-6-16(13-15)29-2/h3-9,12-13H,10-11H2,1-2H3,(H,23,28). The molecule has 0 aliphatic carbocycles. The Kier molecular flexibility index (Phi) is 6.24. The maximum atomic E-state index is 12.4. The number of methoxy groups -OCH3 is 1. The first-order valence-electron chi connectivity index (χ1n) is 9.57. The number of nitrogens with one attached hydrogen (secondary N) is 1. The van der Waals surface area contributed by atoms with Crippen LogP contribution in [0.2, 0.25) is 0 Å². The van der Waals surface area contributed by atoms with Gasteiger partial charge in [0.1, 0.15) is 16.5 Å². The average Bonchev–Trinajstić information content (AvgIpc) is 3.45. The van der Waals surface area contributed by atoms with Crippen molar-refractivity contribution in [2.45, 2.75) is 13.5 Å². The van der Waals surface area contributed by atoms with E-state index in [0.29, 0.717) is 17.0 Å². The summed E-state index contributed by atoms with van der Waals surface area (Å²) in [5.74, 6) is 0.377. The van der Waals surface area contributed by atoms with Gasteiger partial charge in [-0.1, -0.05) is 12.1 Å². The van der Waals surface area contributed by atoms with Gasteiger partial charge in [0.05, 0.1) is 29.1 Å². The van der Waals surface area contributed by atoms with Crippen LogP contribution < -0.4 is 15.6 Å². The van der Waals surface area contributed by atoms with Crippen LogP contribution in [0.25, 0.3) is 20.5 Å². The summed E-state index contributed by atoms with van der Waals surface area (Å²) in [4.78, 5) is 31.3. The number of aromatic nitrogens is 3. The first kappa shape index (κ1) is 21.0. The molecular formula is C22H20N4O3S2. The van der Waals surface area contributed by atoms with Crippen molar-refractivity contribution in [3.8, 4) is 26.2 Å². The Morgan fingerprint density at radius 2 is 2.06 bits per heavy atom. The molecule has 4 aromatic rings. The van der Waals surface area contributed by atoms with E-state index in [1.54, 1.807) is 60.1 Å². The number of aryl methyl sites for hydroxylation is 1. The number of nitrogens with zero attached hydrogens (tertiary/aromatic N) is 3. The minimum atomic E-state index is -0.234. The first-order valence-corrected chi connectivity index (χ1v) is 11.3. The van der Waals surface area contributed by atoms with Crippen LogP contribution in [0.15, 0.2) is 58.7 Å². The Labute approximate surface area is 187 Å². The molecule has 7 nitrogen and oxygen atoms in total. The van der Waals surface area contributed by atoms with Gasteiger partial charge in [-0.15, -0.1) is 22.7 Å². The molecule has 4 rings (SSSR count). The van der Waals surface area contributed by atoms with Crippen molar-refractivity contribution in [2.75, 3.05) is 13.7 Å². The van der Waals surface area contributed by atoms with Crippen LogP contribution in [-0.2, 0) is 6.54 Å². The molecule has 3 heterocycles. The predicted octanol–water partition coefficient (Wildman–Crippen LogP) is 3.84. The molecule has 0 saturated carbocycles. The van der Waals surface area contributed by atoms with Gasteiger partial charge in [-0.05, 0) is 42.6 Å². The van der Waals surface area contributed by atoms with E-state index in [1.165, 1.54) is 10.7 Å². The molecule has 31 heavy (non-hydrogen) atoms. The van der Waals surface area contributed by atoms with E-state index in [0.717, 1.165) is 20.5 Å². The second-order valence-corrected chi connectivity index (χ2v) is 8.63. The summed E-state index contributed by atoms with van der Waals surface area (Å²) in [6, 6.07) is 14.1. The Morgan fingerprint density at radius 1 is 1.19 bits per heavy atom. The van der Waals surface area contributed by atoms with E-state index in [-0.39, 0.29) is 24.6 Å². The Hall–Kier alpha value is -3.30. The number of carbonyl (C=O) groups excluding carboxylic acids is 1. The molecule has 0 fully saturated rings. The molecule has 0 spiro atoms. The first-order chi connectivity index (χ1) is 15.0. The van der Waals surface area contributed by atoms with Gasteiger partial charge >= 0.3 is 0 Å². The number of rotatable bonds is 7. The molecule has 0 radical (unpaired) electrons. The van der Waals surface area contributed by atoms with E-state index >= 15 is 0 Å². The summed E-state index contributed by atoms with van der Waals surface area (Å²) in [5.41, 5.74) is 1.84. The lowest BCUT2D eigenvalue weighted by atomic mass is 10.2. The van der Waals surface area contributed by atoms with Crippen molar-refractivity contribution in [3.05, 3.63) is 75.5 Å². The number of thiophene rings is 1. The largest absolute Gasteiger partial charge is 0.497 e. The quantitative estimate of drug-likeness (QED) is 0.460. The molecular weight excluding hydrogens is 432 g/mol. The summed E-state index contributed by atoms with van der Waals surface area (Å²) in [5, 5.41) is 10.3. The van der Waals surface area contributed by atoms with Crippen molar-refractivity contribution in [1.29, 1.82) is 0 Å². The molecule has 0 bridgehead atoms. The van der Waals surface area contributed by atoms with E-state index in [9.17, 15) is 9.59 Å². The molecule has 0 saturated heterocycles. The lowest BCUT2D eigenvalue weighted by Gasteiger charge is -2.09. The van der Waals surface area contributed by atoms with Crippen LogP contribution in [0.4, 0.5) is 0 Å². The molecule has 9 heteroatoms. The van der Waals surface area contributed by atoms with Gasteiger partial charge in [0.25, 0.3) is 11.5 Å². The lowest BCUT2D eigenvalue weighted by Crippen LogP contribution is -2.31. The van der Waals surface area contributed by atoms with E-state index in [4.69, 9.17) is 4.74 Å². The zero-order valence-corrected chi connectivity index (χ0v) is 18.6. The van der Waals surface area contributed by atoms with E-state index in [2.05, 4.69) is 15.4 Å².